The predicted octanol–water partition coefficient (Wildman–Crippen LogP) is 4.54. The molecule has 0 aromatic heterocycles. The Hall–Kier alpha value is -0.950. The molecule has 0 saturated carbocycles. The Morgan fingerprint density at radius 2 is 2.07 bits per heavy atom. The first-order valence-corrected chi connectivity index (χ1v) is 6.51. The van der Waals surface area contributed by atoms with Gasteiger partial charge in [0.1, 0.15) is 0 Å². The molecule has 0 N–H and O–H groups in total. The highest BCUT2D eigenvalue weighted by atomic mass is 32.2. The van der Waals surface area contributed by atoms with Gasteiger partial charge in [0.25, 0.3) is 0 Å². The molecule has 0 spiro atoms. The third-order valence-electron chi connectivity index (χ3n) is 2.50. The van der Waals surface area contributed by atoms with Gasteiger partial charge in [-0.1, -0.05) is 42.5 Å². The van der Waals surface area contributed by atoms with Crippen molar-refractivity contribution in [3.05, 3.63) is 59.0 Å². The predicted molar refractivity (Wildman–Crippen MR) is 68.8 cm³/mol. The van der Waals surface area contributed by atoms with Gasteiger partial charge < -0.3 is 0 Å². The molecular formula is C14H16S. The minimum absolute atomic E-state index is 1.08. The zero-order chi connectivity index (χ0) is 10.3. The molecule has 1 aromatic carbocycles. The number of benzene rings is 1. The van der Waals surface area contributed by atoms with Crippen LogP contribution in [0.1, 0.15) is 24.8 Å². The van der Waals surface area contributed by atoms with Crippen LogP contribution in [0.4, 0.5) is 0 Å². The Morgan fingerprint density at radius 1 is 1.20 bits per heavy atom. The van der Waals surface area contributed by atoms with E-state index in [4.69, 9.17) is 0 Å². The highest BCUT2D eigenvalue weighted by molar-refractivity contribution is 8.01. The van der Waals surface area contributed by atoms with E-state index in [0.717, 1.165) is 5.75 Å². The van der Waals surface area contributed by atoms with Crippen LogP contribution in [0.15, 0.2) is 53.5 Å². The van der Waals surface area contributed by atoms with Gasteiger partial charge in [0.15, 0.2) is 0 Å². The molecule has 1 aliphatic rings. The van der Waals surface area contributed by atoms with Gasteiger partial charge >= 0.3 is 0 Å². The molecule has 1 aliphatic carbocycles. The average molecular weight is 216 g/mol. The van der Waals surface area contributed by atoms with Crippen LogP contribution in [0.25, 0.3) is 0 Å². The van der Waals surface area contributed by atoms with Crippen LogP contribution in [0, 0.1) is 0 Å². The van der Waals surface area contributed by atoms with Crippen LogP contribution in [0.5, 0.6) is 0 Å². The molecule has 0 amide bonds. The molecule has 1 heteroatoms. The second kappa shape index (κ2) is 5.82. The first-order valence-electron chi connectivity index (χ1n) is 5.46. The van der Waals surface area contributed by atoms with E-state index in [1.54, 1.807) is 0 Å². The fourth-order valence-corrected chi connectivity index (χ4v) is 2.54. The molecule has 0 heterocycles. The Kier molecular flexibility index (Phi) is 4.10. The lowest BCUT2D eigenvalue weighted by Crippen LogP contribution is -1.85. The Balaban J connectivity index is 1.84. The standard InChI is InChI=1S/C14H16S/c1-3-7-13(8-4-1)11-15-12-14-9-5-2-6-10-14/h1,3-5,7-9,12H,2,6,10-11H2. The lowest BCUT2D eigenvalue weighted by atomic mass is 10.0. The molecule has 0 fully saturated rings. The Bertz CT molecular complexity index is 349. The summed E-state index contributed by atoms with van der Waals surface area (Å²) in [6.07, 6.45) is 8.35. The van der Waals surface area contributed by atoms with E-state index < -0.39 is 0 Å². The molecule has 0 bridgehead atoms. The summed E-state index contributed by atoms with van der Waals surface area (Å²) >= 11 is 1.90. The topological polar surface area (TPSA) is 0 Å². The molecular weight excluding hydrogens is 200 g/mol. The van der Waals surface area contributed by atoms with E-state index in [-0.39, 0.29) is 0 Å². The fraction of sp³-hybridized carbons (Fsp3) is 0.286. The summed E-state index contributed by atoms with van der Waals surface area (Å²) in [5, 5.41) is 2.31. The molecule has 1 aromatic rings. The number of thioether (sulfide) groups is 1. The van der Waals surface area contributed by atoms with Crippen molar-refractivity contribution in [1.29, 1.82) is 0 Å². The zero-order valence-electron chi connectivity index (χ0n) is 8.86. The molecule has 0 saturated heterocycles. The van der Waals surface area contributed by atoms with E-state index in [9.17, 15) is 0 Å². The van der Waals surface area contributed by atoms with Crippen molar-refractivity contribution < 1.29 is 0 Å². The maximum absolute atomic E-state index is 2.31. The number of allylic oxidation sites excluding steroid dienone is 3. The first kappa shape index (κ1) is 10.6. The van der Waals surface area contributed by atoms with E-state index in [1.165, 1.54) is 30.4 Å². The number of hydrogen-bond donors (Lipinski definition) is 0. The monoisotopic (exact) mass is 216 g/mol. The summed E-state index contributed by atoms with van der Waals surface area (Å²) < 4.78 is 0. The smallest absolute Gasteiger partial charge is 0.0226 e. The summed E-state index contributed by atoms with van der Waals surface area (Å²) in [5.41, 5.74) is 2.89. The van der Waals surface area contributed by atoms with Crippen LogP contribution in [-0.2, 0) is 5.75 Å². The molecule has 0 nitrogen and oxygen atoms in total. The summed E-state index contributed by atoms with van der Waals surface area (Å²) in [7, 11) is 0. The lowest BCUT2D eigenvalue weighted by Gasteiger charge is -2.06. The molecule has 15 heavy (non-hydrogen) atoms. The summed E-state index contributed by atoms with van der Waals surface area (Å²) in [4.78, 5) is 0. The molecule has 0 aliphatic heterocycles. The second-order valence-corrected chi connectivity index (χ2v) is 4.64. The van der Waals surface area contributed by atoms with Gasteiger partial charge in [-0.2, -0.15) is 0 Å². The third kappa shape index (κ3) is 3.60. The maximum Gasteiger partial charge on any atom is 0.0226 e. The van der Waals surface area contributed by atoms with Gasteiger partial charge in [0, 0.05) is 5.75 Å². The van der Waals surface area contributed by atoms with Gasteiger partial charge in [-0.3, -0.25) is 0 Å². The van der Waals surface area contributed by atoms with Crippen molar-refractivity contribution in [2.45, 2.75) is 25.0 Å². The first-order chi connectivity index (χ1) is 7.45. The summed E-state index contributed by atoms with van der Waals surface area (Å²) in [6.45, 7) is 0. The normalized spacial score (nSPS) is 18.3. The summed E-state index contributed by atoms with van der Waals surface area (Å²) in [6, 6.07) is 10.6. The van der Waals surface area contributed by atoms with Crippen molar-refractivity contribution in [2.24, 2.45) is 0 Å². The van der Waals surface area contributed by atoms with E-state index in [1.807, 2.05) is 11.8 Å². The maximum atomic E-state index is 2.31. The van der Waals surface area contributed by atoms with E-state index >= 15 is 0 Å². The molecule has 2 rings (SSSR count). The molecule has 0 radical (unpaired) electrons. The fourth-order valence-electron chi connectivity index (χ4n) is 1.66. The zero-order valence-corrected chi connectivity index (χ0v) is 9.67. The van der Waals surface area contributed by atoms with Gasteiger partial charge in [0.2, 0.25) is 0 Å². The van der Waals surface area contributed by atoms with Gasteiger partial charge in [-0.15, -0.1) is 11.8 Å². The highest BCUT2D eigenvalue weighted by Gasteiger charge is 1.98. The number of rotatable bonds is 3. The third-order valence-corrected chi connectivity index (χ3v) is 3.47. The van der Waals surface area contributed by atoms with Gasteiger partial charge in [-0.05, 0) is 35.8 Å². The summed E-state index contributed by atoms with van der Waals surface area (Å²) in [5.74, 6) is 1.08. The lowest BCUT2D eigenvalue weighted by molar-refractivity contribution is 0.822. The van der Waals surface area contributed by atoms with Crippen molar-refractivity contribution >= 4 is 11.8 Å². The van der Waals surface area contributed by atoms with Crippen LogP contribution in [0.2, 0.25) is 0 Å². The van der Waals surface area contributed by atoms with E-state index in [2.05, 4.69) is 47.9 Å². The van der Waals surface area contributed by atoms with Crippen molar-refractivity contribution in [1.82, 2.24) is 0 Å². The van der Waals surface area contributed by atoms with Crippen LogP contribution < -0.4 is 0 Å². The minimum Gasteiger partial charge on any atom is -0.129 e. The molecule has 0 atom stereocenters. The van der Waals surface area contributed by atoms with Crippen LogP contribution in [0.3, 0.4) is 0 Å². The van der Waals surface area contributed by atoms with Crippen molar-refractivity contribution in [2.75, 3.05) is 0 Å². The van der Waals surface area contributed by atoms with E-state index in [0.29, 0.717) is 0 Å². The van der Waals surface area contributed by atoms with Gasteiger partial charge in [0.05, 0.1) is 0 Å². The Labute approximate surface area is 96.1 Å². The molecule has 0 unspecified atom stereocenters. The Morgan fingerprint density at radius 3 is 2.80 bits per heavy atom. The van der Waals surface area contributed by atoms with Crippen LogP contribution >= 0.6 is 11.8 Å². The highest BCUT2D eigenvalue weighted by Crippen LogP contribution is 2.21. The largest absolute Gasteiger partial charge is 0.129 e. The number of hydrogen-bond acceptors (Lipinski definition) is 1. The second-order valence-electron chi connectivity index (χ2n) is 3.78. The molecule has 78 valence electrons. The van der Waals surface area contributed by atoms with Gasteiger partial charge in [-0.25, -0.2) is 0 Å². The minimum atomic E-state index is 1.08. The van der Waals surface area contributed by atoms with Crippen molar-refractivity contribution in [3.8, 4) is 0 Å². The van der Waals surface area contributed by atoms with Crippen LogP contribution in [-0.4, -0.2) is 0 Å². The quantitative estimate of drug-likeness (QED) is 0.714. The van der Waals surface area contributed by atoms with Crippen molar-refractivity contribution in [3.63, 3.8) is 0 Å². The SMILES string of the molecule is C1=CC(=CSCc2ccccc2)CCC1. The average Bonchev–Trinajstić information content (AvgIpc) is 2.32.